The monoisotopic (exact) mass is 233 g/mol. The number of carbonyl (C=O) groups is 1. The molecule has 2 N–H and O–H groups in total. The predicted octanol–water partition coefficient (Wildman–Crippen LogP) is 0.709. The molecule has 96 valence electrons. The number of methoxy groups -OCH3 is 1. The first kappa shape index (κ1) is 15.3. The summed E-state index contributed by atoms with van der Waals surface area (Å²) in [5.74, 6) is -0.391. The van der Waals surface area contributed by atoms with Crippen molar-refractivity contribution in [2.45, 2.75) is 38.8 Å². The topological polar surface area (TPSA) is 70.8 Å². The Morgan fingerprint density at radius 3 is 2.62 bits per heavy atom. The molecule has 0 aliphatic carbocycles. The summed E-state index contributed by atoms with van der Waals surface area (Å²) in [5, 5.41) is 0. The van der Waals surface area contributed by atoms with Crippen molar-refractivity contribution in [2.24, 2.45) is 5.73 Å². The van der Waals surface area contributed by atoms with Crippen LogP contribution in [0.15, 0.2) is 0 Å². The third-order valence-corrected chi connectivity index (χ3v) is 2.17. The maximum Gasteiger partial charge on any atom is 0.325 e. The molecule has 2 atom stereocenters. The highest BCUT2D eigenvalue weighted by molar-refractivity contribution is 5.79. The van der Waals surface area contributed by atoms with E-state index >= 15 is 0 Å². The van der Waals surface area contributed by atoms with E-state index in [9.17, 15) is 4.79 Å². The Kier molecular flexibility index (Phi) is 7.29. The third kappa shape index (κ3) is 6.05. The van der Waals surface area contributed by atoms with Crippen molar-refractivity contribution in [1.82, 2.24) is 0 Å². The highest BCUT2D eigenvalue weighted by Gasteiger charge is 2.29. The van der Waals surface area contributed by atoms with E-state index in [4.69, 9.17) is 19.9 Å². The molecule has 0 saturated carbocycles. The molecule has 0 saturated heterocycles. The lowest BCUT2D eigenvalue weighted by molar-refractivity contribution is -0.150. The van der Waals surface area contributed by atoms with Crippen molar-refractivity contribution in [3.8, 4) is 0 Å². The van der Waals surface area contributed by atoms with Crippen molar-refractivity contribution >= 4 is 5.97 Å². The van der Waals surface area contributed by atoms with Crippen molar-refractivity contribution in [3.63, 3.8) is 0 Å². The Labute approximate surface area is 97.2 Å². The highest BCUT2D eigenvalue weighted by Crippen LogP contribution is 2.09. The molecule has 0 radical (unpaired) electrons. The van der Waals surface area contributed by atoms with Crippen LogP contribution in [0.5, 0.6) is 0 Å². The van der Waals surface area contributed by atoms with Gasteiger partial charge in [0.2, 0.25) is 0 Å². The van der Waals surface area contributed by atoms with Crippen molar-refractivity contribution in [3.05, 3.63) is 0 Å². The van der Waals surface area contributed by atoms with Gasteiger partial charge in [0.05, 0.1) is 19.3 Å². The van der Waals surface area contributed by atoms with Crippen molar-refractivity contribution < 1.29 is 19.0 Å². The maximum absolute atomic E-state index is 11.4. The zero-order valence-electron chi connectivity index (χ0n) is 10.6. The first-order chi connectivity index (χ1) is 7.44. The zero-order chi connectivity index (χ0) is 12.6. The van der Waals surface area contributed by atoms with Gasteiger partial charge in [-0.15, -0.1) is 0 Å². The largest absolute Gasteiger partial charge is 0.465 e. The van der Waals surface area contributed by atoms with Crippen LogP contribution in [0.2, 0.25) is 0 Å². The van der Waals surface area contributed by atoms with Crippen LogP contribution in [0.25, 0.3) is 0 Å². The average Bonchev–Trinajstić information content (AvgIpc) is 2.18. The molecule has 0 rings (SSSR count). The molecule has 0 spiro atoms. The van der Waals surface area contributed by atoms with E-state index < -0.39 is 11.5 Å². The van der Waals surface area contributed by atoms with Crippen LogP contribution in [-0.2, 0) is 19.0 Å². The van der Waals surface area contributed by atoms with Crippen LogP contribution in [0.3, 0.4) is 0 Å². The van der Waals surface area contributed by atoms with E-state index in [-0.39, 0.29) is 6.10 Å². The molecule has 0 aromatic heterocycles. The molecule has 2 unspecified atom stereocenters. The summed E-state index contributed by atoms with van der Waals surface area (Å²) in [6, 6.07) is 0. The minimum atomic E-state index is -0.983. The van der Waals surface area contributed by atoms with E-state index in [0.717, 1.165) is 0 Å². The van der Waals surface area contributed by atoms with Crippen LogP contribution in [0.1, 0.15) is 27.2 Å². The number of rotatable bonds is 8. The third-order valence-electron chi connectivity index (χ3n) is 2.17. The lowest BCUT2D eigenvalue weighted by Gasteiger charge is -2.23. The number of carbonyl (C=O) groups excluding carboxylic acids is 1. The van der Waals surface area contributed by atoms with Crippen LogP contribution < -0.4 is 5.73 Å². The van der Waals surface area contributed by atoms with E-state index in [1.807, 2.05) is 6.92 Å². The second-order valence-electron chi connectivity index (χ2n) is 4.02. The highest BCUT2D eigenvalue weighted by atomic mass is 16.5. The second kappa shape index (κ2) is 7.60. The fraction of sp³-hybridized carbons (Fsp3) is 0.909. The van der Waals surface area contributed by atoms with Crippen LogP contribution in [0, 0.1) is 0 Å². The van der Waals surface area contributed by atoms with E-state index in [2.05, 4.69) is 0 Å². The van der Waals surface area contributed by atoms with Crippen molar-refractivity contribution in [1.29, 1.82) is 0 Å². The van der Waals surface area contributed by atoms with Gasteiger partial charge in [0, 0.05) is 13.7 Å². The predicted molar refractivity (Wildman–Crippen MR) is 61.1 cm³/mol. The Morgan fingerprint density at radius 2 is 2.12 bits per heavy atom. The SMILES string of the molecule is CCOC(=O)C(C)(N)CCOC(C)COC. The summed E-state index contributed by atoms with van der Waals surface area (Å²) in [6.45, 7) is 6.59. The molecule has 0 fully saturated rings. The summed E-state index contributed by atoms with van der Waals surface area (Å²) in [7, 11) is 1.62. The molecule has 0 aliphatic rings. The number of hydrogen-bond donors (Lipinski definition) is 1. The summed E-state index contributed by atoms with van der Waals surface area (Å²) >= 11 is 0. The normalized spacial score (nSPS) is 16.6. The van der Waals surface area contributed by atoms with Gasteiger partial charge >= 0.3 is 5.97 Å². The molecular formula is C11H23NO4. The first-order valence-electron chi connectivity index (χ1n) is 5.50. The molecule has 16 heavy (non-hydrogen) atoms. The lowest BCUT2D eigenvalue weighted by atomic mass is 10.0. The average molecular weight is 233 g/mol. The number of esters is 1. The van der Waals surface area contributed by atoms with Gasteiger partial charge in [0.15, 0.2) is 0 Å². The Morgan fingerprint density at radius 1 is 1.50 bits per heavy atom. The molecule has 0 aromatic rings. The molecule has 5 heteroatoms. The van der Waals surface area contributed by atoms with Gasteiger partial charge in [-0.25, -0.2) is 0 Å². The zero-order valence-corrected chi connectivity index (χ0v) is 10.6. The number of hydrogen-bond acceptors (Lipinski definition) is 5. The Balaban J connectivity index is 3.85. The quantitative estimate of drug-likeness (QED) is 0.625. The number of ether oxygens (including phenoxy) is 3. The van der Waals surface area contributed by atoms with Gasteiger partial charge < -0.3 is 19.9 Å². The molecule has 0 amide bonds. The van der Waals surface area contributed by atoms with Gasteiger partial charge in [-0.05, 0) is 27.2 Å². The fourth-order valence-corrected chi connectivity index (χ4v) is 1.15. The molecule has 0 heterocycles. The Hall–Kier alpha value is -0.650. The van der Waals surface area contributed by atoms with Gasteiger partial charge in [-0.3, -0.25) is 4.79 Å². The fourth-order valence-electron chi connectivity index (χ4n) is 1.15. The van der Waals surface area contributed by atoms with Gasteiger partial charge in [-0.1, -0.05) is 0 Å². The molecule has 5 nitrogen and oxygen atoms in total. The van der Waals surface area contributed by atoms with Crippen molar-refractivity contribution in [2.75, 3.05) is 26.9 Å². The Bertz CT molecular complexity index is 206. The molecule has 0 bridgehead atoms. The molecule has 0 aromatic carbocycles. The van der Waals surface area contributed by atoms with Gasteiger partial charge in [0.1, 0.15) is 5.54 Å². The lowest BCUT2D eigenvalue weighted by Crippen LogP contribution is -2.47. The van der Waals surface area contributed by atoms with Gasteiger partial charge in [0.25, 0.3) is 0 Å². The van der Waals surface area contributed by atoms with Crippen LogP contribution in [-0.4, -0.2) is 44.5 Å². The summed E-state index contributed by atoms with van der Waals surface area (Å²) in [4.78, 5) is 11.4. The van der Waals surface area contributed by atoms with E-state index in [1.165, 1.54) is 0 Å². The summed E-state index contributed by atoms with van der Waals surface area (Å²) < 4.78 is 15.2. The maximum atomic E-state index is 11.4. The summed E-state index contributed by atoms with van der Waals surface area (Å²) in [6.07, 6.45) is 0.433. The molecule has 0 aliphatic heterocycles. The minimum absolute atomic E-state index is 0.00277. The standard InChI is InChI=1S/C11H23NO4/c1-5-15-10(13)11(3,12)6-7-16-9(2)8-14-4/h9H,5-8,12H2,1-4H3. The minimum Gasteiger partial charge on any atom is -0.465 e. The smallest absolute Gasteiger partial charge is 0.325 e. The van der Waals surface area contributed by atoms with Gasteiger partial charge in [-0.2, -0.15) is 0 Å². The van der Waals surface area contributed by atoms with Crippen LogP contribution in [0.4, 0.5) is 0 Å². The van der Waals surface area contributed by atoms with E-state index in [1.54, 1.807) is 21.0 Å². The summed E-state index contributed by atoms with van der Waals surface area (Å²) in [5.41, 5.74) is 4.84. The first-order valence-corrected chi connectivity index (χ1v) is 5.50. The van der Waals surface area contributed by atoms with Crippen LogP contribution >= 0.6 is 0 Å². The number of nitrogens with two attached hydrogens (primary N) is 1. The second-order valence-corrected chi connectivity index (χ2v) is 4.02. The van der Waals surface area contributed by atoms with E-state index in [0.29, 0.717) is 26.2 Å². The molecular weight excluding hydrogens is 210 g/mol.